The molecule has 0 rings (SSSR count). The summed E-state index contributed by atoms with van der Waals surface area (Å²) in [6.45, 7) is 2.14. The molecule has 0 amide bonds. The number of esters is 1. The van der Waals surface area contributed by atoms with Crippen molar-refractivity contribution in [2.75, 3.05) is 7.11 Å². The predicted molar refractivity (Wildman–Crippen MR) is 103 cm³/mol. The van der Waals surface area contributed by atoms with Crippen LogP contribution in [0.1, 0.15) is 71.1 Å². The van der Waals surface area contributed by atoms with Crippen molar-refractivity contribution >= 4 is 5.97 Å². The highest BCUT2D eigenvalue weighted by Crippen LogP contribution is 2.13. The van der Waals surface area contributed by atoms with E-state index in [9.17, 15) is 15.0 Å². The molecule has 0 bridgehead atoms. The highest BCUT2D eigenvalue weighted by molar-refractivity contribution is 5.82. The van der Waals surface area contributed by atoms with Gasteiger partial charge >= 0.3 is 5.97 Å². The predicted octanol–water partition coefficient (Wildman–Crippen LogP) is 4.47. The largest absolute Gasteiger partial charge is 0.466 e. The van der Waals surface area contributed by atoms with Crippen molar-refractivity contribution in [3.8, 4) is 0 Å². The highest BCUT2D eigenvalue weighted by Gasteiger charge is 2.14. The third-order valence-electron chi connectivity index (χ3n) is 4.07. The lowest BCUT2D eigenvalue weighted by Crippen LogP contribution is -2.25. The second-order valence-corrected chi connectivity index (χ2v) is 6.32. The summed E-state index contributed by atoms with van der Waals surface area (Å²) in [5, 5.41) is 19.8. The number of aliphatic hydroxyl groups excluding tert-OH is 2. The Kier molecular flexibility index (Phi) is 16.5. The molecule has 0 aliphatic rings. The summed E-state index contributed by atoms with van der Waals surface area (Å²) in [5.74, 6) is -0.354. The van der Waals surface area contributed by atoms with E-state index in [1.54, 1.807) is 12.2 Å². The second-order valence-electron chi connectivity index (χ2n) is 6.32. The van der Waals surface area contributed by atoms with E-state index in [0.717, 1.165) is 51.4 Å². The Balaban J connectivity index is 3.54. The molecule has 0 aromatic carbocycles. The van der Waals surface area contributed by atoms with E-state index < -0.39 is 12.2 Å². The number of hydrogen-bond donors (Lipinski definition) is 2. The van der Waals surface area contributed by atoms with Gasteiger partial charge in [-0.3, -0.25) is 0 Å². The van der Waals surface area contributed by atoms with Crippen LogP contribution in [0.4, 0.5) is 0 Å². The minimum Gasteiger partial charge on any atom is -0.466 e. The van der Waals surface area contributed by atoms with Gasteiger partial charge in [-0.05, 0) is 25.7 Å². The van der Waals surface area contributed by atoms with Crippen LogP contribution in [0.3, 0.4) is 0 Å². The van der Waals surface area contributed by atoms with Gasteiger partial charge in [-0.1, -0.05) is 75.8 Å². The summed E-state index contributed by atoms with van der Waals surface area (Å²) < 4.78 is 4.48. The Hall–Kier alpha value is -1.39. The SMILES string of the molecule is CCCCCC(O)C(O)CCCCCCC=CC=CC=CC(=O)OC. The van der Waals surface area contributed by atoms with Gasteiger partial charge in [-0.2, -0.15) is 0 Å². The van der Waals surface area contributed by atoms with Crippen LogP contribution >= 0.6 is 0 Å². The van der Waals surface area contributed by atoms with Crippen LogP contribution in [0.15, 0.2) is 36.5 Å². The fraction of sp³-hybridized carbons (Fsp3) is 0.667. The van der Waals surface area contributed by atoms with E-state index in [2.05, 4.69) is 17.7 Å². The van der Waals surface area contributed by atoms with Gasteiger partial charge < -0.3 is 14.9 Å². The van der Waals surface area contributed by atoms with Crippen molar-refractivity contribution in [2.24, 2.45) is 0 Å². The molecule has 144 valence electrons. The minimum atomic E-state index is -0.570. The number of carbonyl (C=O) groups excluding carboxylic acids is 1. The molecule has 0 saturated heterocycles. The first-order valence-electron chi connectivity index (χ1n) is 9.55. The fourth-order valence-electron chi connectivity index (χ4n) is 2.46. The van der Waals surface area contributed by atoms with Gasteiger partial charge in [0.1, 0.15) is 0 Å². The quantitative estimate of drug-likeness (QED) is 0.197. The molecule has 0 aliphatic carbocycles. The zero-order chi connectivity index (χ0) is 18.8. The lowest BCUT2D eigenvalue weighted by Gasteiger charge is -2.17. The molecule has 0 radical (unpaired) electrons. The summed E-state index contributed by atoms with van der Waals surface area (Å²) in [5.41, 5.74) is 0. The second kappa shape index (κ2) is 17.4. The maximum Gasteiger partial charge on any atom is 0.330 e. The maximum atomic E-state index is 10.8. The van der Waals surface area contributed by atoms with E-state index in [4.69, 9.17) is 0 Å². The number of allylic oxidation sites excluding steroid dienone is 5. The van der Waals surface area contributed by atoms with Gasteiger partial charge in [0.2, 0.25) is 0 Å². The van der Waals surface area contributed by atoms with Gasteiger partial charge in [0.15, 0.2) is 0 Å². The van der Waals surface area contributed by atoms with E-state index in [-0.39, 0.29) is 5.97 Å². The van der Waals surface area contributed by atoms with E-state index in [1.165, 1.54) is 13.2 Å². The summed E-state index contributed by atoms with van der Waals surface area (Å²) in [4.78, 5) is 10.8. The number of carbonyl (C=O) groups is 1. The van der Waals surface area contributed by atoms with Crippen LogP contribution < -0.4 is 0 Å². The Morgan fingerprint density at radius 2 is 1.48 bits per heavy atom. The Morgan fingerprint density at radius 1 is 0.880 bits per heavy atom. The van der Waals surface area contributed by atoms with Crippen LogP contribution in [-0.4, -0.2) is 35.5 Å². The van der Waals surface area contributed by atoms with Crippen LogP contribution in [0.2, 0.25) is 0 Å². The first-order valence-corrected chi connectivity index (χ1v) is 9.55. The molecule has 0 aliphatic heterocycles. The normalized spacial score (nSPS) is 14.6. The van der Waals surface area contributed by atoms with Crippen LogP contribution in [0, 0.1) is 0 Å². The molecule has 0 saturated carbocycles. The van der Waals surface area contributed by atoms with Crippen molar-refractivity contribution in [1.29, 1.82) is 0 Å². The molecule has 2 N–H and O–H groups in total. The molecule has 4 heteroatoms. The molecule has 2 atom stereocenters. The molecule has 0 heterocycles. The average Bonchev–Trinajstić information content (AvgIpc) is 2.62. The molecule has 0 fully saturated rings. The fourth-order valence-corrected chi connectivity index (χ4v) is 2.46. The monoisotopic (exact) mass is 352 g/mol. The van der Waals surface area contributed by atoms with Crippen molar-refractivity contribution in [3.05, 3.63) is 36.5 Å². The summed E-state index contributed by atoms with van der Waals surface area (Å²) in [6.07, 6.45) is 19.6. The zero-order valence-electron chi connectivity index (χ0n) is 15.9. The Labute approximate surface area is 153 Å². The number of aliphatic hydroxyl groups is 2. The molecule has 2 unspecified atom stereocenters. The maximum absolute atomic E-state index is 10.8. The van der Waals surface area contributed by atoms with Gasteiger partial charge in [0, 0.05) is 6.08 Å². The first-order chi connectivity index (χ1) is 12.1. The van der Waals surface area contributed by atoms with E-state index in [0.29, 0.717) is 12.8 Å². The summed E-state index contributed by atoms with van der Waals surface area (Å²) in [7, 11) is 1.35. The molecule has 0 aromatic rings. The third-order valence-corrected chi connectivity index (χ3v) is 4.07. The number of methoxy groups -OCH3 is 1. The van der Waals surface area contributed by atoms with Gasteiger partial charge in [-0.25, -0.2) is 4.79 Å². The molecule has 0 spiro atoms. The standard InChI is InChI=1S/C21H36O4/c1-3-4-13-16-19(22)20(23)17-14-11-9-7-5-6-8-10-12-15-18-21(24)25-2/h6,8,10,12,15,18-20,22-23H,3-5,7,9,11,13-14,16-17H2,1-2H3. The van der Waals surface area contributed by atoms with Crippen LogP contribution in [0.25, 0.3) is 0 Å². The van der Waals surface area contributed by atoms with Crippen molar-refractivity contribution < 1.29 is 19.7 Å². The van der Waals surface area contributed by atoms with Crippen molar-refractivity contribution in [1.82, 2.24) is 0 Å². The Morgan fingerprint density at radius 3 is 2.12 bits per heavy atom. The highest BCUT2D eigenvalue weighted by atomic mass is 16.5. The average molecular weight is 353 g/mol. The lowest BCUT2D eigenvalue weighted by atomic mass is 10.0. The van der Waals surface area contributed by atoms with E-state index in [1.807, 2.05) is 12.2 Å². The number of rotatable bonds is 15. The molecule has 25 heavy (non-hydrogen) atoms. The molecule has 4 nitrogen and oxygen atoms in total. The van der Waals surface area contributed by atoms with E-state index >= 15 is 0 Å². The molecule has 0 aromatic heterocycles. The summed E-state index contributed by atoms with van der Waals surface area (Å²) >= 11 is 0. The number of hydrogen-bond acceptors (Lipinski definition) is 4. The lowest BCUT2D eigenvalue weighted by molar-refractivity contribution is -0.134. The van der Waals surface area contributed by atoms with Crippen LogP contribution in [-0.2, 0) is 9.53 Å². The van der Waals surface area contributed by atoms with Crippen LogP contribution in [0.5, 0.6) is 0 Å². The topological polar surface area (TPSA) is 66.8 Å². The zero-order valence-corrected chi connectivity index (χ0v) is 15.9. The van der Waals surface area contributed by atoms with Crippen molar-refractivity contribution in [2.45, 2.75) is 83.3 Å². The van der Waals surface area contributed by atoms with Gasteiger partial charge in [0.05, 0.1) is 19.3 Å². The van der Waals surface area contributed by atoms with Gasteiger partial charge in [-0.15, -0.1) is 0 Å². The number of unbranched alkanes of at least 4 members (excludes halogenated alkanes) is 6. The summed E-state index contributed by atoms with van der Waals surface area (Å²) in [6, 6.07) is 0. The number of ether oxygens (including phenoxy) is 1. The Bertz CT molecular complexity index is 399. The third kappa shape index (κ3) is 15.9. The molecular weight excluding hydrogens is 316 g/mol. The van der Waals surface area contributed by atoms with Crippen molar-refractivity contribution in [3.63, 3.8) is 0 Å². The minimum absolute atomic E-state index is 0.354. The molecular formula is C21H36O4. The smallest absolute Gasteiger partial charge is 0.330 e. The first kappa shape index (κ1) is 23.6. The van der Waals surface area contributed by atoms with Gasteiger partial charge in [0.25, 0.3) is 0 Å².